The average Bonchev–Trinajstić information content (AvgIpc) is 2.55. The van der Waals surface area contributed by atoms with E-state index in [-0.39, 0.29) is 12.0 Å². The number of aryl methyl sites for hydroxylation is 3. The number of benzene rings is 2. The van der Waals surface area contributed by atoms with Crippen LogP contribution >= 0.6 is 0 Å². The van der Waals surface area contributed by atoms with Crippen LogP contribution in [0.15, 0.2) is 30.3 Å². The highest BCUT2D eigenvalue weighted by atomic mass is 16.5. The molecule has 0 unspecified atom stereocenters. The van der Waals surface area contributed by atoms with Crippen molar-refractivity contribution in [1.29, 1.82) is 0 Å². The number of amides is 1. The lowest BCUT2D eigenvalue weighted by atomic mass is 10.0. The lowest BCUT2D eigenvalue weighted by Gasteiger charge is -2.15. The van der Waals surface area contributed by atoms with Crippen molar-refractivity contribution in [2.75, 3.05) is 12.4 Å². The number of ether oxygens (including phenoxy) is 2. The van der Waals surface area contributed by atoms with Crippen molar-refractivity contribution in [2.24, 2.45) is 0 Å². The fraction of sp³-hybridized carbons (Fsp3) is 0.381. The van der Waals surface area contributed by atoms with Gasteiger partial charge in [0.25, 0.3) is 5.91 Å². The molecule has 0 spiro atoms. The highest BCUT2D eigenvalue weighted by molar-refractivity contribution is 6.05. The monoisotopic (exact) mass is 341 g/mol. The van der Waals surface area contributed by atoms with E-state index in [0.717, 1.165) is 28.1 Å². The summed E-state index contributed by atoms with van der Waals surface area (Å²) in [5, 5.41) is 3.03. The summed E-state index contributed by atoms with van der Waals surface area (Å²) in [5.41, 5.74) is 5.62. The molecule has 0 atom stereocenters. The van der Waals surface area contributed by atoms with Crippen molar-refractivity contribution in [3.8, 4) is 5.75 Å². The van der Waals surface area contributed by atoms with Gasteiger partial charge in [-0.15, -0.1) is 0 Å². The molecule has 1 amide bonds. The molecule has 134 valence electrons. The van der Waals surface area contributed by atoms with Gasteiger partial charge in [-0.05, 0) is 63.9 Å². The van der Waals surface area contributed by atoms with E-state index in [4.69, 9.17) is 9.47 Å². The Kier molecular flexibility index (Phi) is 6.21. The van der Waals surface area contributed by atoms with Gasteiger partial charge < -0.3 is 14.8 Å². The normalized spacial score (nSPS) is 10.8. The second-order valence-electron chi connectivity index (χ2n) is 6.61. The molecule has 25 heavy (non-hydrogen) atoms. The molecular weight excluding hydrogens is 314 g/mol. The van der Waals surface area contributed by atoms with Gasteiger partial charge in [0.1, 0.15) is 5.75 Å². The van der Waals surface area contributed by atoms with Crippen molar-refractivity contribution >= 4 is 11.6 Å². The molecule has 4 heteroatoms. The molecule has 0 aliphatic carbocycles. The molecule has 0 heterocycles. The average molecular weight is 341 g/mol. The first-order valence-electron chi connectivity index (χ1n) is 8.49. The molecule has 2 rings (SSSR count). The van der Waals surface area contributed by atoms with E-state index in [0.29, 0.717) is 12.2 Å². The Morgan fingerprint density at radius 3 is 2.28 bits per heavy atom. The minimum Gasteiger partial charge on any atom is -0.496 e. The number of hydrogen-bond donors (Lipinski definition) is 1. The molecular formula is C21H27NO3. The van der Waals surface area contributed by atoms with Gasteiger partial charge in [-0.1, -0.05) is 17.7 Å². The summed E-state index contributed by atoms with van der Waals surface area (Å²) in [7, 11) is 1.62. The Labute approximate surface area is 150 Å². The summed E-state index contributed by atoms with van der Waals surface area (Å²) in [6.07, 6.45) is 0.111. The van der Waals surface area contributed by atoms with Crippen molar-refractivity contribution in [2.45, 2.75) is 47.3 Å². The second-order valence-corrected chi connectivity index (χ2v) is 6.61. The van der Waals surface area contributed by atoms with Gasteiger partial charge in [0.15, 0.2) is 0 Å². The maximum Gasteiger partial charge on any atom is 0.255 e. The smallest absolute Gasteiger partial charge is 0.255 e. The van der Waals surface area contributed by atoms with E-state index in [2.05, 4.69) is 24.4 Å². The van der Waals surface area contributed by atoms with Gasteiger partial charge in [0, 0.05) is 16.8 Å². The van der Waals surface area contributed by atoms with Crippen LogP contribution in [0, 0.1) is 20.8 Å². The minimum atomic E-state index is -0.136. The predicted molar refractivity (Wildman–Crippen MR) is 102 cm³/mol. The highest BCUT2D eigenvalue weighted by Crippen LogP contribution is 2.25. The van der Waals surface area contributed by atoms with Gasteiger partial charge in [-0.3, -0.25) is 4.79 Å². The topological polar surface area (TPSA) is 47.6 Å². The van der Waals surface area contributed by atoms with Crippen LogP contribution in [-0.4, -0.2) is 19.1 Å². The molecule has 0 aromatic heterocycles. The number of carbonyl (C=O) groups excluding carboxylic acids is 1. The molecule has 0 radical (unpaired) electrons. The molecule has 0 aliphatic heterocycles. The molecule has 1 N–H and O–H groups in total. The molecule has 0 aliphatic rings. The molecule has 0 saturated carbocycles. The first kappa shape index (κ1) is 19.0. The van der Waals surface area contributed by atoms with E-state index in [1.54, 1.807) is 13.2 Å². The SMILES string of the molecule is COc1ccc(C(=O)Nc2c(C)cc(C)cc2C)cc1COC(C)C. The van der Waals surface area contributed by atoms with Crippen LogP contribution in [0.3, 0.4) is 0 Å². The number of nitrogens with one attached hydrogen (secondary N) is 1. The van der Waals surface area contributed by atoms with Crippen LogP contribution in [-0.2, 0) is 11.3 Å². The molecule has 4 nitrogen and oxygen atoms in total. The number of carbonyl (C=O) groups is 1. The quantitative estimate of drug-likeness (QED) is 0.821. The highest BCUT2D eigenvalue weighted by Gasteiger charge is 2.13. The third-order valence-corrected chi connectivity index (χ3v) is 4.03. The van der Waals surface area contributed by atoms with Crippen LogP contribution in [0.5, 0.6) is 5.75 Å². The van der Waals surface area contributed by atoms with E-state index in [1.165, 1.54) is 5.56 Å². The number of hydrogen-bond acceptors (Lipinski definition) is 3. The summed E-state index contributed by atoms with van der Waals surface area (Å²) < 4.78 is 11.0. The summed E-state index contributed by atoms with van der Waals surface area (Å²) in [5.74, 6) is 0.586. The Morgan fingerprint density at radius 2 is 1.72 bits per heavy atom. The van der Waals surface area contributed by atoms with Crippen LogP contribution in [0.1, 0.15) is 46.5 Å². The van der Waals surface area contributed by atoms with Crippen LogP contribution in [0.4, 0.5) is 5.69 Å². The van der Waals surface area contributed by atoms with Crippen LogP contribution < -0.4 is 10.1 Å². The predicted octanol–water partition coefficient (Wildman–Crippen LogP) is 4.80. The van der Waals surface area contributed by atoms with Crippen molar-refractivity contribution < 1.29 is 14.3 Å². The maximum atomic E-state index is 12.7. The van der Waals surface area contributed by atoms with Crippen LogP contribution in [0.2, 0.25) is 0 Å². The van der Waals surface area contributed by atoms with Crippen molar-refractivity contribution in [3.05, 3.63) is 58.1 Å². The molecule has 0 fully saturated rings. The number of methoxy groups -OCH3 is 1. The Morgan fingerprint density at radius 1 is 1.08 bits per heavy atom. The zero-order chi connectivity index (χ0) is 18.6. The number of anilines is 1. The Balaban J connectivity index is 2.26. The zero-order valence-electron chi connectivity index (χ0n) is 15.9. The lowest BCUT2D eigenvalue weighted by molar-refractivity contribution is 0.0644. The van der Waals surface area contributed by atoms with E-state index in [9.17, 15) is 4.79 Å². The summed E-state index contributed by atoms with van der Waals surface area (Å²) >= 11 is 0. The fourth-order valence-corrected chi connectivity index (χ4v) is 2.85. The lowest BCUT2D eigenvalue weighted by Crippen LogP contribution is -2.15. The maximum absolute atomic E-state index is 12.7. The van der Waals surface area contributed by atoms with Crippen molar-refractivity contribution in [1.82, 2.24) is 0 Å². The fourth-order valence-electron chi connectivity index (χ4n) is 2.85. The number of rotatable bonds is 6. The van der Waals surface area contributed by atoms with E-state index >= 15 is 0 Å². The Bertz CT molecular complexity index is 743. The van der Waals surface area contributed by atoms with E-state index < -0.39 is 0 Å². The third kappa shape index (κ3) is 4.83. The standard InChI is InChI=1S/C21H27NO3/c1-13(2)25-12-18-11-17(7-8-19(18)24-6)21(23)22-20-15(4)9-14(3)10-16(20)5/h7-11,13H,12H2,1-6H3,(H,22,23). The summed E-state index contributed by atoms with van der Waals surface area (Å²) in [6.45, 7) is 10.4. The molecule has 0 bridgehead atoms. The van der Waals surface area contributed by atoms with Crippen LogP contribution in [0.25, 0.3) is 0 Å². The molecule has 2 aromatic carbocycles. The molecule has 0 saturated heterocycles. The van der Waals surface area contributed by atoms with Gasteiger partial charge in [-0.25, -0.2) is 0 Å². The van der Waals surface area contributed by atoms with Crippen molar-refractivity contribution in [3.63, 3.8) is 0 Å². The zero-order valence-corrected chi connectivity index (χ0v) is 15.9. The van der Waals surface area contributed by atoms with Gasteiger partial charge in [-0.2, -0.15) is 0 Å². The van der Waals surface area contributed by atoms with Gasteiger partial charge in [0.2, 0.25) is 0 Å². The third-order valence-electron chi connectivity index (χ3n) is 4.03. The van der Waals surface area contributed by atoms with Gasteiger partial charge >= 0.3 is 0 Å². The largest absolute Gasteiger partial charge is 0.496 e. The summed E-state index contributed by atoms with van der Waals surface area (Å²) in [4.78, 5) is 12.7. The first-order chi connectivity index (χ1) is 11.8. The summed E-state index contributed by atoms with van der Waals surface area (Å²) in [6, 6.07) is 9.54. The Hall–Kier alpha value is -2.33. The van der Waals surface area contributed by atoms with Gasteiger partial charge in [0.05, 0.1) is 19.8 Å². The van der Waals surface area contributed by atoms with E-state index in [1.807, 2.05) is 39.8 Å². The first-order valence-corrected chi connectivity index (χ1v) is 8.49. The second kappa shape index (κ2) is 8.17. The minimum absolute atomic E-state index is 0.111. The molecule has 2 aromatic rings.